The summed E-state index contributed by atoms with van der Waals surface area (Å²) in [5.74, 6) is 0. The Hall–Kier alpha value is -2.33. The maximum atomic E-state index is 11.4. The average Bonchev–Trinajstić information content (AvgIpc) is 2.64. The average molecular weight is 383 g/mol. The topological polar surface area (TPSA) is 43.8 Å². The maximum Gasteiger partial charge on any atom is 0.407 e. The molecule has 1 amide bonds. The number of carbonyl (C=O) groups is 1. The van der Waals surface area contributed by atoms with Gasteiger partial charge in [0.1, 0.15) is 0 Å². The summed E-state index contributed by atoms with van der Waals surface area (Å²) in [6, 6.07) is 21.1. The zero-order chi connectivity index (χ0) is 20.4. The highest BCUT2D eigenvalue weighted by molar-refractivity contribution is 5.65. The van der Waals surface area contributed by atoms with Crippen LogP contribution in [0, 0.1) is 0 Å². The molecule has 0 bridgehead atoms. The van der Waals surface area contributed by atoms with Gasteiger partial charge in [0.15, 0.2) is 0 Å². The molecule has 28 heavy (non-hydrogen) atoms. The van der Waals surface area contributed by atoms with Gasteiger partial charge in [0.2, 0.25) is 0 Å². The third-order valence-electron chi connectivity index (χ3n) is 4.89. The van der Waals surface area contributed by atoms with Crippen LogP contribution in [0.25, 0.3) is 0 Å². The smallest absolute Gasteiger partial charge is 0.407 e. The second kappa shape index (κ2) is 10.9. The van der Waals surface area contributed by atoms with E-state index in [0.717, 1.165) is 38.9 Å². The quantitative estimate of drug-likeness (QED) is 0.541. The second-order valence-electron chi connectivity index (χ2n) is 8.35. The third kappa shape index (κ3) is 7.73. The Morgan fingerprint density at radius 3 is 1.68 bits per heavy atom. The van der Waals surface area contributed by atoms with Crippen molar-refractivity contribution < 1.29 is 9.90 Å². The molecule has 2 aromatic carbocycles. The van der Waals surface area contributed by atoms with Crippen LogP contribution in [-0.4, -0.2) is 39.6 Å². The summed E-state index contributed by atoms with van der Waals surface area (Å²) in [6.45, 7) is 9.30. The zero-order valence-electron chi connectivity index (χ0n) is 17.5. The van der Waals surface area contributed by atoms with E-state index >= 15 is 0 Å². The molecule has 2 aromatic rings. The highest BCUT2D eigenvalue weighted by Crippen LogP contribution is 2.16. The summed E-state index contributed by atoms with van der Waals surface area (Å²) in [6.07, 6.45) is 2.16. The van der Waals surface area contributed by atoms with Gasteiger partial charge in [0, 0.05) is 25.2 Å². The van der Waals surface area contributed by atoms with Crippen molar-refractivity contribution in [3.8, 4) is 0 Å². The van der Waals surface area contributed by atoms with Crippen LogP contribution in [-0.2, 0) is 13.1 Å². The van der Waals surface area contributed by atoms with Crippen molar-refractivity contribution in [3.05, 3.63) is 71.8 Å². The minimum absolute atomic E-state index is 0.349. The van der Waals surface area contributed by atoms with E-state index in [-0.39, 0.29) is 5.54 Å². The minimum atomic E-state index is -0.831. The van der Waals surface area contributed by atoms with Crippen LogP contribution in [0.4, 0.5) is 4.79 Å². The highest BCUT2D eigenvalue weighted by Gasteiger charge is 2.25. The van der Waals surface area contributed by atoms with Gasteiger partial charge >= 0.3 is 6.09 Å². The molecule has 4 nitrogen and oxygen atoms in total. The Labute approximate surface area is 169 Å². The Morgan fingerprint density at radius 1 is 0.786 bits per heavy atom. The van der Waals surface area contributed by atoms with Crippen LogP contribution in [0.15, 0.2) is 60.7 Å². The van der Waals surface area contributed by atoms with E-state index in [9.17, 15) is 9.90 Å². The Morgan fingerprint density at radius 2 is 1.25 bits per heavy atom. The minimum Gasteiger partial charge on any atom is -0.465 e. The van der Waals surface area contributed by atoms with Crippen LogP contribution >= 0.6 is 0 Å². The van der Waals surface area contributed by atoms with E-state index in [0.29, 0.717) is 6.54 Å². The van der Waals surface area contributed by atoms with Gasteiger partial charge in [0.25, 0.3) is 0 Å². The molecule has 0 unspecified atom stereocenters. The lowest BCUT2D eigenvalue weighted by molar-refractivity contribution is 0.0987. The van der Waals surface area contributed by atoms with Gasteiger partial charge in [-0.1, -0.05) is 67.1 Å². The standard InChI is InChI=1S/C24H34N2O2/c1-24(2,3)26(23(27)28)18-12-6-11-17-25(19-21-13-7-4-8-14-21)20-22-15-9-5-10-16-22/h4-5,7-10,13-16H,6,11-12,17-20H2,1-3H3,(H,27,28). The molecule has 0 aliphatic heterocycles. The molecule has 152 valence electrons. The van der Waals surface area contributed by atoms with E-state index in [2.05, 4.69) is 65.6 Å². The predicted molar refractivity (Wildman–Crippen MR) is 115 cm³/mol. The van der Waals surface area contributed by atoms with E-state index in [4.69, 9.17) is 0 Å². The number of amides is 1. The van der Waals surface area contributed by atoms with Gasteiger partial charge in [-0.2, -0.15) is 0 Å². The fourth-order valence-electron chi connectivity index (χ4n) is 3.40. The molecule has 1 N–H and O–H groups in total. The first-order chi connectivity index (χ1) is 13.4. The molecule has 0 saturated heterocycles. The number of hydrogen-bond donors (Lipinski definition) is 1. The Kier molecular flexibility index (Phi) is 8.52. The third-order valence-corrected chi connectivity index (χ3v) is 4.89. The number of rotatable bonds is 10. The number of carboxylic acid groups (broad SMARTS) is 1. The monoisotopic (exact) mass is 382 g/mol. The van der Waals surface area contributed by atoms with Crippen molar-refractivity contribution in [3.63, 3.8) is 0 Å². The lowest BCUT2D eigenvalue weighted by atomic mass is 10.1. The first-order valence-corrected chi connectivity index (χ1v) is 10.2. The van der Waals surface area contributed by atoms with Gasteiger partial charge in [0.05, 0.1) is 0 Å². The van der Waals surface area contributed by atoms with Crippen molar-refractivity contribution in [2.75, 3.05) is 13.1 Å². The van der Waals surface area contributed by atoms with Crippen LogP contribution in [0.3, 0.4) is 0 Å². The van der Waals surface area contributed by atoms with Crippen molar-refractivity contribution in [1.82, 2.24) is 9.80 Å². The molecule has 0 heterocycles. The first-order valence-electron chi connectivity index (χ1n) is 10.2. The van der Waals surface area contributed by atoms with E-state index in [1.165, 1.54) is 11.1 Å². The molecule has 0 aliphatic rings. The summed E-state index contributed by atoms with van der Waals surface area (Å²) in [7, 11) is 0. The van der Waals surface area contributed by atoms with Crippen molar-refractivity contribution in [2.24, 2.45) is 0 Å². The van der Waals surface area contributed by atoms with E-state index in [1.807, 2.05) is 20.8 Å². The van der Waals surface area contributed by atoms with Crippen molar-refractivity contribution in [2.45, 2.75) is 58.7 Å². The van der Waals surface area contributed by atoms with Gasteiger partial charge in [-0.25, -0.2) is 4.79 Å². The summed E-state index contributed by atoms with van der Waals surface area (Å²) in [5.41, 5.74) is 2.30. The Balaban J connectivity index is 1.85. The molecule has 0 aliphatic carbocycles. The molecule has 0 radical (unpaired) electrons. The second-order valence-corrected chi connectivity index (χ2v) is 8.35. The predicted octanol–water partition coefficient (Wildman–Crippen LogP) is 5.64. The van der Waals surface area contributed by atoms with Gasteiger partial charge in [-0.15, -0.1) is 0 Å². The lowest BCUT2D eigenvalue weighted by Gasteiger charge is -2.33. The molecular weight excluding hydrogens is 348 g/mol. The van der Waals surface area contributed by atoms with Crippen molar-refractivity contribution >= 4 is 6.09 Å². The van der Waals surface area contributed by atoms with Crippen LogP contribution in [0.1, 0.15) is 51.2 Å². The molecular formula is C24H34N2O2. The summed E-state index contributed by atoms with van der Waals surface area (Å²) in [4.78, 5) is 15.5. The normalized spacial score (nSPS) is 11.6. The first kappa shape index (κ1) is 22.0. The zero-order valence-corrected chi connectivity index (χ0v) is 17.5. The number of unbranched alkanes of at least 4 members (excludes halogenated alkanes) is 2. The van der Waals surface area contributed by atoms with Crippen molar-refractivity contribution in [1.29, 1.82) is 0 Å². The molecule has 0 fully saturated rings. The Bertz CT molecular complexity index is 654. The molecule has 0 saturated carbocycles. The molecule has 0 spiro atoms. The van der Waals surface area contributed by atoms with Crippen LogP contribution < -0.4 is 0 Å². The van der Waals surface area contributed by atoms with Crippen LogP contribution in [0.5, 0.6) is 0 Å². The van der Waals surface area contributed by atoms with Gasteiger partial charge < -0.3 is 10.0 Å². The highest BCUT2D eigenvalue weighted by atomic mass is 16.4. The fourth-order valence-corrected chi connectivity index (χ4v) is 3.40. The van der Waals surface area contributed by atoms with E-state index in [1.54, 1.807) is 4.90 Å². The number of nitrogens with zero attached hydrogens (tertiary/aromatic N) is 2. The number of benzene rings is 2. The molecule has 0 aromatic heterocycles. The summed E-state index contributed by atoms with van der Waals surface area (Å²) in [5, 5.41) is 9.40. The van der Waals surface area contributed by atoms with E-state index < -0.39 is 6.09 Å². The fraction of sp³-hybridized carbons (Fsp3) is 0.458. The summed E-state index contributed by atoms with van der Waals surface area (Å²) < 4.78 is 0. The molecule has 0 atom stereocenters. The molecule has 2 rings (SSSR count). The lowest BCUT2D eigenvalue weighted by Crippen LogP contribution is -2.45. The number of hydrogen-bond acceptors (Lipinski definition) is 2. The largest absolute Gasteiger partial charge is 0.465 e. The maximum absolute atomic E-state index is 11.4. The van der Waals surface area contributed by atoms with Crippen LogP contribution in [0.2, 0.25) is 0 Å². The summed E-state index contributed by atoms with van der Waals surface area (Å²) >= 11 is 0. The molecule has 4 heteroatoms. The SMILES string of the molecule is CC(C)(C)N(CCCCCN(Cc1ccccc1)Cc1ccccc1)C(=O)O. The van der Waals surface area contributed by atoms with Gasteiger partial charge in [-0.3, -0.25) is 4.90 Å². The van der Waals surface area contributed by atoms with Gasteiger partial charge in [-0.05, 0) is 51.3 Å².